The number of hydrogen-bond donors (Lipinski definition) is 1. The van der Waals surface area contributed by atoms with Crippen LogP contribution in [0.4, 0.5) is 16.2 Å². The Balaban J connectivity index is 2.29. The summed E-state index contributed by atoms with van der Waals surface area (Å²) in [6, 6.07) is 0. The third-order valence-corrected chi connectivity index (χ3v) is 4.92. The molecule has 1 saturated heterocycles. The molecule has 148 valence electrons. The van der Waals surface area contributed by atoms with Gasteiger partial charge in [-0.3, -0.25) is 0 Å². The Kier molecular flexibility index (Phi) is 6.23. The Morgan fingerprint density at radius 2 is 1.74 bits per heavy atom. The van der Waals surface area contributed by atoms with E-state index in [4.69, 9.17) is 16.0 Å². The molecule has 0 radical (unpaired) electrons. The molecule has 1 aromatic carbocycles. The molecule has 2 rings (SSSR count). The van der Waals surface area contributed by atoms with E-state index in [0.717, 1.165) is 27.9 Å². The van der Waals surface area contributed by atoms with Crippen LogP contribution in [0.5, 0.6) is 0 Å². The van der Waals surface area contributed by atoms with Crippen LogP contribution in [0.3, 0.4) is 0 Å². The van der Waals surface area contributed by atoms with Crippen molar-refractivity contribution in [3.8, 4) is 0 Å². The highest BCUT2D eigenvalue weighted by atomic mass is 16.6. The summed E-state index contributed by atoms with van der Waals surface area (Å²) in [6.45, 7) is 14.5. The van der Waals surface area contributed by atoms with Crippen LogP contribution in [0.25, 0.3) is 10.4 Å². The number of rotatable bonds is 3. The molecule has 0 saturated carbocycles. The van der Waals surface area contributed by atoms with Crippen LogP contribution in [0.2, 0.25) is 0 Å². The van der Waals surface area contributed by atoms with E-state index < -0.39 is 5.60 Å². The molecule has 0 atom stereocenters. The minimum atomic E-state index is -0.501. The minimum absolute atomic E-state index is 0.281. The number of benzene rings is 1. The van der Waals surface area contributed by atoms with Gasteiger partial charge in [-0.25, -0.2) is 4.79 Å². The smallest absolute Gasteiger partial charge is 0.410 e. The van der Waals surface area contributed by atoms with Crippen molar-refractivity contribution < 1.29 is 9.53 Å². The van der Waals surface area contributed by atoms with E-state index in [0.29, 0.717) is 38.4 Å². The first-order valence-corrected chi connectivity index (χ1v) is 9.21. The van der Waals surface area contributed by atoms with Crippen molar-refractivity contribution in [2.24, 2.45) is 10.8 Å². The van der Waals surface area contributed by atoms with E-state index in [1.165, 1.54) is 0 Å². The van der Waals surface area contributed by atoms with Crippen molar-refractivity contribution in [2.45, 2.75) is 53.7 Å². The minimum Gasteiger partial charge on any atom is -0.444 e. The maximum absolute atomic E-state index is 12.3. The van der Waals surface area contributed by atoms with Gasteiger partial charge in [-0.2, -0.15) is 0 Å². The normalized spacial score (nSPS) is 14.8. The van der Waals surface area contributed by atoms with Gasteiger partial charge in [-0.1, -0.05) is 5.11 Å². The van der Waals surface area contributed by atoms with Crippen LogP contribution >= 0.6 is 0 Å². The molecule has 0 unspecified atom stereocenters. The average molecular weight is 374 g/mol. The number of carbonyl (C=O) groups excluding carboxylic acids is 1. The maximum atomic E-state index is 12.3. The Morgan fingerprint density at radius 3 is 2.22 bits per heavy atom. The third-order valence-electron chi connectivity index (χ3n) is 4.92. The summed E-state index contributed by atoms with van der Waals surface area (Å²) < 4.78 is 5.47. The van der Waals surface area contributed by atoms with Crippen molar-refractivity contribution >= 4 is 17.5 Å². The number of anilines is 1. The Hall–Kier alpha value is -2.44. The molecule has 1 aliphatic rings. The van der Waals surface area contributed by atoms with Gasteiger partial charge in [0, 0.05) is 49.0 Å². The molecule has 1 aromatic rings. The quantitative estimate of drug-likeness (QED) is 0.489. The van der Waals surface area contributed by atoms with Crippen molar-refractivity contribution in [1.29, 1.82) is 0 Å². The highest BCUT2D eigenvalue weighted by Crippen LogP contribution is 2.39. The number of carbonyl (C=O) groups is 1. The first-order chi connectivity index (χ1) is 12.6. The van der Waals surface area contributed by atoms with Crippen LogP contribution in [-0.4, -0.2) is 42.8 Å². The van der Waals surface area contributed by atoms with Crippen LogP contribution in [0.15, 0.2) is 5.11 Å². The second kappa shape index (κ2) is 8.06. The summed E-state index contributed by atoms with van der Waals surface area (Å²) >= 11 is 0. The number of nitrogens with two attached hydrogens (primary N) is 1. The van der Waals surface area contributed by atoms with Crippen LogP contribution in [-0.2, 0) is 11.3 Å². The van der Waals surface area contributed by atoms with Crippen LogP contribution in [0.1, 0.15) is 43.0 Å². The fourth-order valence-corrected chi connectivity index (χ4v) is 3.66. The number of ether oxygens (including phenoxy) is 1. The van der Waals surface area contributed by atoms with E-state index in [-0.39, 0.29) is 6.09 Å². The Labute approximate surface area is 160 Å². The molecule has 8 heteroatoms. The predicted octanol–water partition coefficient (Wildman–Crippen LogP) is 4.07. The second-order valence-corrected chi connectivity index (χ2v) is 7.90. The highest BCUT2D eigenvalue weighted by Gasteiger charge is 2.28. The largest absolute Gasteiger partial charge is 0.444 e. The topological polar surface area (TPSA) is 108 Å². The van der Waals surface area contributed by atoms with E-state index in [1.807, 2.05) is 34.6 Å². The SMILES string of the molecule is Cc1c(CN)c(C)c(N2CCN(C(=O)OC(C)(C)C)CC2)c(C)c1N=[N+]=[N-]. The number of hydrogen-bond acceptors (Lipinski definition) is 5. The van der Waals surface area contributed by atoms with Crippen molar-refractivity contribution in [3.05, 3.63) is 32.7 Å². The number of azide groups is 1. The zero-order chi connectivity index (χ0) is 20.4. The first-order valence-electron chi connectivity index (χ1n) is 9.21. The average Bonchev–Trinajstić information content (AvgIpc) is 2.58. The van der Waals surface area contributed by atoms with Gasteiger partial charge >= 0.3 is 6.09 Å². The van der Waals surface area contributed by atoms with E-state index in [9.17, 15) is 4.79 Å². The van der Waals surface area contributed by atoms with E-state index >= 15 is 0 Å². The lowest BCUT2D eigenvalue weighted by Crippen LogP contribution is -2.50. The summed E-state index contributed by atoms with van der Waals surface area (Å²) in [5.74, 6) is 0. The van der Waals surface area contributed by atoms with Crippen molar-refractivity contribution in [2.75, 3.05) is 31.1 Å². The lowest BCUT2D eigenvalue weighted by atomic mass is 9.94. The van der Waals surface area contributed by atoms with Gasteiger partial charge in [0.25, 0.3) is 0 Å². The molecule has 1 aliphatic heterocycles. The van der Waals surface area contributed by atoms with Gasteiger partial charge < -0.3 is 20.3 Å². The lowest BCUT2D eigenvalue weighted by Gasteiger charge is -2.38. The van der Waals surface area contributed by atoms with Crippen molar-refractivity contribution in [3.63, 3.8) is 0 Å². The van der Waals surface area contributed by atoms with Gasteiger partial charge in [0.1, 0.15) is 5.60 Å². The lowest BCUT2D eigenvalue weighted by molar-refractivity contribution is 0.0240. The third kappa shape index (κ3) is 4.46. The van der Waals surface area contributed by atoms with E-state index in [2.05, 4.69) is 21.8 Å². The summed E-state index contributed by atoms with van der Waals surface area (Å²) in [5.41, 5.74) is 20.1. The van der Waals surface area contributed by atoms with Crippen LogP contribution < -0.4 is 10.6 Å². The zero-order valence-electron chi connectivity index (χ0n) is 17.2. The fraction of sp³-hybridized carbons (Fsp3) is 0.632. The Bertz CT molecular complexity index is 770. The molecule has 27 heavy (non-hydrogen) atoms. The maximum Gasteiger partial charge on any atom is 0.410 e. The summed E-state index contributed by atoms with van der Waals surface area (Å²) in [7, 11) is 0. The summed E-state index contributed by atoms with van der Waals surface area (Å²) in [4.78, 5) is 19.2. The summed E-state index contributed by atoms with van der Waals surface area (Å²) in [6.07, 6.45) is -0.281. The molecule has 0 bridgehead atoms. The van der Waals surface area contributed by atoms with E-state index in [1.54, 1.807) is 4.90 Å². The van der Waals surface area contributed by atoms with Gasteiger partial charge in [0.05, 0.1) is 0 Å². The van der Waals surface area contributed by atoms with Gasteiger partial charge in [0.2, 0.25) is 0 Å². The second-order valence-electron chi connectivity index (χ2n) is 7.90. The number of piperazine rings is 1. The standard InChI is InChI=1S/C19H30N6O2/c1-12-15(11-20)13(2)17(14(3)16(12)22-23-21)24-7-9-25(10-8-24)18(26)27-19(4,5)6/h7-11,20H2,1-6H3. The van der Waals surface area contributed by atoms with Crippen LogP contribution in [0, 0.1) is 20.8 Å². The molecule has 1 heterocycles. The predicted molar refractivity (Wildman–Crippen MR) is 107 cm³/mol. The molecule has 2 N–H and O–H groups in total. The Morgan fingerprint density at radius 1 is 1.15 bits per heavy atom. The fourth-order valence-electron chi connectivity index (χ4n) is 3.66. The number of amides is 1. The van der Waals surface area contributed by atoms with Gasteiger partial charge in [0.15, 0.2) is 0 Å². The molecule has 0 aliphatic carbocycles. The van der Waals surface area contributed by atoms with Gasteiger partial charge in [-0.05, 0) is 69.3 Å². The van der Waals surface area contributed by atoms with Gasteiger partial charge in [-0.15, -0.1) is 0 Å². The molecule has 0 aromatic heterocycles. The number of nitrogens with zero attached hydrogens (tertiary/aromatic N) is 5. The molecule has 8 nitrogen and oxygen atoms in total. The molecule has 1 amide bonds. The molecule has 0 spiro atoms. The first kappa shape index (κ1) is 20.9. The highest BCUT2D eigenvalue weighted by molar-refractivity contribution is 5.74. The zero-order valence-corrected chi connectivity index (χ0v) is 17.2. The summed E-state index contributed by atoms with van der Waals surface area (Å²) in [5, 5.41) is 3.91. The molecular formula is C19H30N6O2. The van der Waals surface area contributed by atoms with Crippen molar-refractivity contribution in [1.82, 2.24) is 4.90 Å². The molecule has 1 fully saturated rings. The monoisotopic (exact) mass is 374 g/mol. The molecular weight excluding hydrogens is 344 g/mol.